The highest BCUT2D eigenvalue weighted by Gasteiger charge is 2.11. The Bertz CT molecular complexity index is 865. The number of nitrogens with one attached hydrogen (secondary N) is 3. The Morgan fingerprint density at radius 1 is 1.20 bits per heavy atom. The van der Waals surface area contributed by atoms with E-state index >= 15 is 0 Å². The molecule has 0 fully saturated rings. The van der Waals surface area contributed by atoms with E-state index in [4.69, 9.17) is 0 Å². The number of rotatable bonds is 8. The highest BCUT2D eigenvalue weighted by Crippen LogP contribution is 2.21. The SMILES string of the molecule is CN=C(NCCC(=O)Nc1cccc(C)n1)NCc1cc(C)ccc1OC(F)F.I. The van der Waals surface area contributed by atoms with Crippen LogP contribution in [-0.2, 0) is 11.3 Å². The number of carbonyl (C=O) groups is 1. The Kier molecular flexibility index (Phi) is 11.0. The van der Waals surface area contributed by atoms with E-state index in [-0.39, 0.29) is 48.6 Å². The van der Waals surface area contributed by atoms with Crippen molar-refractivity contribution in [2.75, 3.05) is 18.9 Å². The number of alkyl halides is 2. The smallest absolute Gasteiger partial charge is 0.387 e. The van der Waals surface area contributed by atoms with E-state index in [0.717, 1.165) is 11.3 Å². The van der Waals surface area contributed by atoms with E-state index in [1.807, 2.05) is 26.0 Å². The number of nitrogens with zero attached hydrogens (tertiary/aromatic N) is 2. The first-order valence-electron chi connectivity index (χ1n) is 9.09. The molecule has 1 aromatic heterocycles. The summed E-state index contributed by atoms with van der Waals surface area (Å²) in [5, 5.41) is 8.77. The number of aromatic nitrogens is 1. The number of hydrogen-bond acceptors (Lipinski definition) is 4. The summed E-state index contributed by atoms with van der Waals surface area (Å²) in [6.07, 6.45) is 0.209. The summed E-state index contributed by atoms with van der Waals surface area (Å²) >= 11 is 0. The van der Waals surface area contributed by atoms with Crippen molar-refractivity contribution >= 4 is 41.7 Å². The molecule has 0 radical (unpaired) electrons. The molecule has 0 spiro atoms. The van der Waals surface area contributed by atoms with Crippen molar-refractivity contribution in [2.24, 2.45) is 4.99 Å². The monoisotopic (exact) mass is 533 g/mol. The van der Waals surface area contributed by atoms with Crippen LogP contribution in [0.4, 0.5) is 14.6 Å². The second kappa shape index (κ2) is 12.9. The van der Waals surface area contributed by atoms with Crippen molar-refractivity contribution in [3.05, 3.63) is 53.2 Å². The third kappa shape index (κ3) is 8.89. The fraction of sp³-hybridized carbons (Fsp3) is 0.350. The quantitative estimate of drug-likeness (QED) is 0.274. The van der Waals surface area contributed by atoms with Crippen LogP contribution in [0.1, 0.15) is 23.2 Å². The van der Waals surface area contributed by atoms with Gasteiger partial charge in [0.1, 0.15) is 11.6 Å². The normalized spacial score (nSPS) is 10.9. The summed E-state index contributed by atoms with van der Waals surface area (Å²) < 4.78 is 29.7. The molecule has 0 aliphatic rings. The summed E-state index contributed by atoms with van der Waals surface area (Å²) in [4.78, 5) is 20.3. The van der Waals surface area contributed by atoms with Crippen LogP contribution in [0.2, 0.25) is 0 Å². The van der Waals surface area contributed by atoms with E-state index in [0.29, 0.717) is 23.9 Å². The van der Waals surface area contributed by atoms with E-state index in [9.17, 15) is 13.6 Å². The van der Waals surface area contributed by atoms with Crippen molar-refractivity contribution < 1.29 is 18.3 Å². The number of guanidine groups is 1. The molecule has 2 aromatic rings. The minimum absolute atomic E-state index is 0. The van der Waals surface area contributed by atoms with Gasteiger partial charge in [0, 0.05) is 37.8 Å². The minimum Gasteiger partial charge on any atom is -0.434 e. The lowest BCUT2D eigenvalue weighted by Gasteiger charge is -2.15. The fourth-order valence-corrected chi connectivity index (χ4v) is 2.57. The molecular formula is C20H26F2IN5O2. The molecule has 30 heavy (non-hydrogen) atoms. The summed E-state index contributed by atoms with van der Waals surface area (Å²) in [6.45, 7) is 1.40. The van der Waals surface area contributed by atoms with Gasteiger partial charge in [0.05, 0.1) is 0 Å². The molecular weight excluding hydrogens is 507 g/mol. The summed E-state index contributed by atoms with van der Waals surface area (Å²) in [5.41, 5.74) is 2.32. The van der Waals surface area contributed by atoms with Crippen LogP contribution in [0, 0.1) is 13.8 Å². The predicted octanol–water partition coefficient (Wildman–Crippen LogP) is 3.61. The molecule has 3 N–H and O–H groups in total. The van der Waals surface area contributed by atoms with Crippen LogP contribution in [0.5, 0.6) is 5.75 Å². The Morgan fingerprint density at radius 3 is 2.63 bits per heavy atom. The van der Waals surface area contributed by atoms with Crippen molar-refractivity contribution in [1.29, 1.82) is 0 Å². The van der Waals surface area contributed by atoms with Gasteiger partial charge in [-0.05, 0) is 32.0 Å². The Hall–Kier alpha value is -2.50. The first-order chi connectivity index (χ1) is 13.9. The molecule has 0 aliphatic heterocycles. The standard InChI is InChI=1S/C20H25F2N5O2.HI/c1-13-7-8-16(29-19(21)22)15(11-13)12-25-20(23-3)24-10-9-18(28)27-17-6-4-5-14(2)26-17;/h4-8,11,19H,9-10,12H2,1-3H3,(H2,23,24,25)(H,26,27,28);1H. The van der Waals surface area contributed by atoms with Crippen LogP contribution < -0.4 is 20.7 Å². The Labute approximate surface area is 191 Å². The number of benzene rings is 1. The molecule has 0 aliphatic carbocycles. The third-order valence-electron chi connectivity index (χ3n) is 3.90. The molecule has 0 atom stereocenters. The zero-order valence-electron chi connectivity index (χ0n) is 17.0. The minimum atomic E-state index is -2.89. The van der Waals surface area contributed by atoms with Crippen LogP contribution in [0.25, 0.3) is 0 Å². The third-order valence-corrected chi connectivity index (χ3v) is 3.90. The average molecular weight is 533 g/mol. The predicted molar refractivity (Wildman–Crippen MR) is 124 cm³/mol. The zero-order chi connectivity index (χ0) is 21.2. The molecule has 1 heterocycles. The molecule has 0 saturated carbocycles. The van der Waals surface area contributed by atoms with Crippen LogP contribution in [-0.4, -0.2) is 37.1 Å². The Balaban J connectivity index is 0.00000450. The topological polar surface area (TPSA) is 87.6 Å². The lowest BCUT2D eigenvalue weighted by Crippen LogP contribution is -2.38. The van der Waals surface area contributed by atoms with E-state index in [2.05, 4.69) is 30.7 Å². The number of anilines is 1. The number of aliphatic imine (C=N–C) groups is 1. The van der Waals surface area contributed by atoms with Gasteiger partial charge in [-0.3, -0.25) is 9.79 Å². The highest BCUT2D eigenvalue weighted by atomic mass is 127. The summed E-state index contributed by atoms with van der Waals surface area (Å²) in [7, 11) is 1.58. The maximum atomic E-state index is 12.6. The second-order valence-corrected chi connectivity index (χ2v) is 6.30. The van der Waals surface area contributed by atoms with Gasteiger partial charge in [0.15, 0.2) is 5.96 Å². The first kappa shape index (κ1) is 25.5. The van der Waals surface area contributed by atoms with Crippen molar-refractivity contribution in [1.82, 2.24) is 15.6 Å². The van der Waals surface area contributed by atoms with E-state index in [1.54, 1.807) is 25.2 Å². The zero-order valence-corrected chi connectivity index (χ0v) is 19.4. The lowest BCUT2D eigenvalue weighted by molar-refractivity contribution is -0.116. The molecule has 1 aromatic carbocycles. The summed E-state index contributed by atoms with van der Waals surface area (Å²) in [6, 6.07) is 10.4. The van der Waals surface area contributed by atoms with Gasteiger partial charge in [-0.1, -0.05) is 23.8 Å². The van der Waals surface area contributed by atoms with E-state index < -0.39 is 6.61 Å². The molecule has 1 amide bonds. The van der Waals surface area contributed by atoms with Gasteiger partial charge < -0.3 is 20.7 Å². The largest absolute Gasteiger partial charge is 0.434 e. The molecule has 0 bridgehead atoms. The number of ether oxygens (including phenoxy) is 1. The number of pyridine rings is 1. The second-order valence-electron chi connectivity index (χ2n) is 6.30. The molecule has 0 unspecified atom stereocenters. The maximum Gasteiger partial charge on any atom is 0.387 e. The van der Waals surface area contributed by atoms with Gasteiger partial charge in [-0.15, -0.1) is 24.0 Å². The maximum absolute atomic E-state index is 12.6. The van der Waals surface area contributed by atoms with Gasteiger partial charge in [0.25, 0.3) is 0 Å². The molecule has 0 saturated heterocycles. The molecule has 164 valence electrons. The van der Waals surface area contributed by atoms with Gasteiger partial charge in [-0.25, -0.2) is 4.98 Å². The van der Waals surface area contributed by atoms with Crippen molar-refractivity contribution in [2.45, 2.75) is 33.4 Å². The van der Waals surface area contributed by atoms with Gasteiger partial charge in [-0.2, -0.15) is 8.78 Å². The van der Waals surface area contributed by atoms with Gasteiger partial charge >= 0.3 is 6.61 Å². The van der Waals surface area contributed by atoms with Crippen molar-refractivity contribution in [3.63, 3.8) is 0 Å². The Morgan fingerprint density at radius 2 is 1.97 bits per heavy atom. The fourth-order valence-electron chi connectivity index (χ4n) is 2.57. The first-order valence-corrected chi connectivity index (χ1v) is 9.09. The molecule has 2 rings (SSSR count). The number of carbonyl (C=O) groups excluding carboxylic acids is 1. The van der Waals surface area contributed by atoms with Crippen molar-refractivity contribution in [3.8, 4) is 5.75 Å². The van der Waals surface area contributed by atoms with E-state index in [1.165, 1.54) is 6.07 Å². The molecule has 7 nitrogen and oxygen atoms in total. The van der Waals surface area contributed by atoms with Crippen LogP contribution in [0.3, 0.4) is 0 Å². The lowest BCUT2D eigenvalue weighted by atomic mass is 10.1. The molecule has 10 heteroatoms. The van der Waals surface area contributed by atoms with Crippen LogP contribution in [0.15, 0.2) is 41.4 Å². The highest BCUT2D eigenvalue weighted by molar-refractivity contribution is 14.0. The van der Waals surface area contributed by atoms with Gasteiger partial charge in [0.2, 0.25) is 5.91 Å². The number of halogens is 3. The number of amides is 1. The van der Waals surface area contributed by atoms with Crippen LogP contribution >= 0.6 is 24.0 Å². The number of hydrogen-bond donors (Lipinski definition) is 3. The summed E-state index contributed by atoms with van der Waals surface area (Å²) in [5.74, 6) is 0.871. The number of aryl methyl sites for hydroxylation is 2. The average Bonchev–Trinajstić information content (AvgIpc) is 2.66.